The summed E-state index contributed by atoms with van der Waals surface area (Å²) in [6, 6.07) is 9.98. The van der Waals surface area contributed by atoms with Crippen molar-refractivity contribution in [1.82, 2.24) is 4.90 Å². The highest BCUT2D eigenvalue weighted by atomic mass is 16.5. The zero-order valence-corrected chi connectivity index (χ0v) is 15.4. The van der Waals surface area contributed by atoms with Crippen LogP contribution in [0.4, 0.5) is 0 Å². The third kappa shape index (κ3) is 4.43. The van der Waals surface area contributed by atoms with Crippen molar-refractivity contribution in [2.24, 2.45) is 15.9 Å². The molecule has 1 atom stereocenters. The second kappa shape index (κ2) is 8.36. The topological polar surface area (TPSA) is 71.3 Å². The number of amides is 2. The predicted molar refractivity (Wildman–Crippen MR) is 100 cm³/mol. The fraction of sp³-hybridized carbons (Fsp3) is 0.500. The minimum absolute atomic E-state index is 0.0173. The number of carbonyl (C=O) groups excluding carboxylic acids is 2. The Hall–Kier alpha value is -2.34. The van der Waals surface area contributed by atoms with Crippen molar-refractivity contribution in [2.45, 2.75) is 39.2 Å². The number of hydrogen-bond acceptors (Lipinski definition) is 4. The van der Waals surface area contributed by atoms with Gasteiger partial charge in [0.2, 0.25) is 5.91 Å². The highest BCUT2D eigenvalue weighted by Gasteiger charge is 2.32. The Bertz CT molecular complexity index is 725. The Morgan fingerprint density at radius 3 is 2.77 bits per heavy atom. The summed E-state index contributed by atoms with van der Waals surface area (Å²) in [5.74, 6) is -0.0582. The minimum atomic E-state index is -0.339. The smallest absolute Gasteiger partial charge is 0.258 e. The number of aliphatic imine (C=N–C) groups is 2. The van der Waals surface area contributed by atoms with Gasteiger partial charge in [-0.2, -0.15) is 4.99 Å². The predicted octanol–water partition coefficient (Wildman–Crippen LogP) is 2.27. The molecule has 2 aliphatic heterocycles. The van der Waals surface area contributed by atoms with Crippen molar-refractivity contribution >= 4 is 23.4 Å². The van der Waals surface area contributed by atoms with Crippen molar-refractivity contribution in [2.75, 3.05) is 19.8 Å². The number of benzene rings is 1. The highest BCUT2D eigenvalue weighted by Crippen LogP contribution is 2.18. The third-order valence-electron chi connectivity index (χ3n) is 4.73. The Kier molecular flexibility index (Phi) is 5.93. The quantitative estimate of drug-likeness (QED) is 0.786. The lowest BCUT2D eigenvalue weighted by molar-refractivity contribution is -0.132. The number of nitrogens with zero attached hydrogens (tertiary/aromatic N) is 3. The molecule has 2 amide bonds. The van der Waals surface area contributed by atoms with E-state index >= 15 is 0 Å². The molecular weight excluding hydrogens is 330 g/mol. The van der Waals surface area contributed by atoms with Crippen molar-refractivity contribution in [3.8, 4) is 0 Å². The van der Waals surface area contributed by atoms with Gasteiger partial charge in [-0.3, -0.25) is 9.59 Å². The molecule has 2 aliphatic rings. The highest BCUT2D eigenvalue weighted by molar-refractivity contribution is 6.17. The average Bonchev–Trinajstić information content (AvgIpc) is 2.65. The molecule has 0 aromatic heterocycles. The first-order valence-corrected chi connectivity index (χ1v) is 9.14. The van der Waals surface area contributed by atoms with Gasteiger partial charge >= 0.3 is 0 Å². The molecule has 138 valence electrons. The van der Waals surface area contributed by atoms with Crippen LogP contribution in [-0.2, 0) is 20.7 Å². The van der Waals surface area contributed by atoms with E-state index in [0.29, 0.717) is 38.3 Å². The van der Waals surface area contributed by atoms with Crippen LogP contribution in [0.15, 0.2) is 40.3 Å². The van der Waals surface area contributed by atoms with Gasteiger partial charge in [-0.15, -0.1) is 0 Å². The molecule has 0 radical (unpaired) electrons. The van der Waals surface area contributed by atoms with Crippen LogP contribution in [-0.4, -0.2) is 54.1 Å². The van der Waals surface area contributed by atoms with E-state index in [0.717, 1.165) is 11.3 Å². The van der Waals surface area contributed by atoms with E-state index in [2.05, 4.69) is 9.98 Å². The van der Waals surface area contributed by atoms with Gasteiger partial charge in [0.25, 0.3) is 5.91 Å². The summed E-state index contributed by atoms with van der Waals surface area (Å²) in [6.45, 7) is 5.15. The summed E-state index contributed by atoms with van der Waals surface area (Å²) in [4.78, 5) is 35.3. The molecule has 1 fully saturated rings. The minimum Gasteiger partial charge on any atom is -0.380 e. The molecule has 0 N–H and O–H groups in total. The van der Waals surface area contributed by atoms with Crippen LogP contribution < -0.4 is 0 Å². The maximum absolute atomic E-state index is 12.7. The van der Waals surface area contributed by atoms with Crippen LogP contribution in [0.5, 0.6) is 0 Å². The molecule has 2 heterocycles. The molecule has 3 rings (SSSR count). The number of rotatable bonds is 6. The Morgan fingerprint density at radius 1 is 1.27 bits per heavy atom. The van der Waals surface area contributed by atoms with Crippen molar-refractivity contribution in [3.63, 3.8) is 0 Å². The van der Waals surface area contributed by atoms with Crippen LogP contribution in [0.2, 0.25) is 0 Å². The first-order valence-electron chi connectivity index (χ1n) is 9.14. The first-order chi connectivity index (χ1) is 12.5. The van der Waals surface area contributed by atoms with Crippen LogP contribution in [0.25, 0.3) is 0 Å². The number of fused-ring (bicyclic) bond motifs is 1. The summed E-state index contributed by atoms with van der Waals surface area (Å²) in [5, 5.41) is 0. The molecule has 6 heteroatoms. The maximum Gasteiger partial charge on any atom is 0.258 e. The number of carbonyl (C=O) groups is 2. The molecule has 1 unspecified atom stereocenters. The largest absolute Gasteiger partial charge is 0.380 e. The van der Waals surface area contributed by atoms with E-state index in [-0.39, 0.29) is 30.3 Å². The average molecular weight is 355 g/mol. The summed E-state index contributed by atoms with van der Waals surface area (Å²) in [5.41, 5.74) is 1.98. The molecule has 0 spiro atoms. The molecule has 1 aromatic rings. The Labute approximate surface area is 154 Å². The van der Waals surface area contributed by atoms with Gasteiger partial charge < -0.3 is 9.64 Å². The van der Waals surface area contributed by atoms with E-state index in [1.54, 1.807) is 4.90 Å². The number of aryl methyl sites for hydroxylation is 1. The van der Waals surface area contributed by atoms with Crippen molar-refractivity contribution < 1.29 is 14.3 Å². The normalized spacial score (nSPS) is 19.7. The molecule has 0 aliphatic carbocycles. The second-order valence-electron chi connectivity index (χ2n) is 6.95. The standard InChI is InChI=1S/C20H25N3O3/c1-14(2)23(19(24)9-8-15-6-4-3-5-7-15)12-18-21-17-10-11-26-13-16(17)20(25)22-18/h3-7,14,16H,8-13H2,1-2H3. The summed E-state index contributed by atoms with van der Waals surface area (Å²) < 4.78 is 5.34. The third-order valence-corrected chi connectivity index (χ3v) is 4.73. The van der Waals surface area contributed by atoms with Gasteiger partial charge in [0.15, 0.2) is 5.84 Å². The van der Waals surface area contributed by atoms with Gasteiger partial charge in [0.1, 0.15) is 5.92 Å². The van der Waals surface area contributed by atoms with Gasteiger partial charge in [-0.05, 0) is 25.8 Å². The lowest BCUT2D eigenvalue weighted by Crippen LogP contribution is -2.43. The monoisotopic (exact) mass is 355 g/mol. The molecule has 1 aromatic carbocycles. The fourth-order valence-electron chi connectivity index (χ4n) is 3.21. The number of hydrogen-bond donors (Lipinski definition) is 0. The van der Waals surface area contributed by atoms with Crippen LogP contribution in [0.1, 0.15) is 32.3 Å². The first kappa shape index (κ1) is 18.5. The van der Waals surface area contributed by atoms with Crippen molar-refractivity contribution in [3.05, 3.63) is 35.9 Å². The zero-order valence-electron chi connectivity index (χ0n) is 15.4. The van der Waals surface area contributed by atoms with Crippen LogP contribution >= 0.6 is 0 Å². The van der Waals surface area contributed by atoms with Crippen LogP contribution in [0, 0.1) is 5.92 Å². The number of amidine groups is 1. The lowest BCUT2D eigenvalue weighted by Gasteiger charge is -2.29. The second-order valence-corrected chi connectivity index (χ2v) is 6.95. The molecular formula is C20H25N3O3. The van der Waals surface area contributed by atoms with E-state index in [9.17, 15) is 9.59 Å². The fourth-order valence-corrected chi connectivity index (χ4v) is 3.21. The van der Waals surface area contributed by atoms with Gasteiger partial charge in [-0.25, -0.2) is 4.99 Å². The van der Waals surface area contributed by atoms with Crippen LogP contribution in [0.3, 0.4) is 0 Å². The van der Waals surface area contributed by atoms with Gasteiger partial charge in [0, 0.05) is 24.6 Å². The van der Waals surface area contributed by atoms with E-state index in [4.69, 9.17) is 4.74 Å². The van der Waals surface area contributed by atoms with Gasteiger partial charge in [0.05, 0.1) is 19.8 Å². The molecule has 6 nitrogen and oxygen atoms in total. The SMILES string of the molecule is CC(C)N(CC1=NC(=O)C2COCCC2=N1)C(=O)CCc1ccccc1. The zero-order chi connectivity index (χ0) is 18.5. The molecule has 0 bridgehead atoms. The Balaban J connectivity index is 1.65. The Morgan fingerprint density at radius 2 is 2.04 bits per heavy atom. The molecule has 26 heavy (non-hydrogen) atoms. The molecule has 1 saturated heterocycles. The summed E-state index contributed by atoms with van der Waals surface area (Å²) in [7, 11) is 0. The van der Waals surface area contributed by atoms with E-state index < -0.39 is 0 Å². The molecule has 0 saturated carbocycles. The number of ether oxygens (including phenoxy) is 1. The van der Waals surface area contributed by atoms with E-state index in [1.165, 1.54) is 0 Å². The van der Waals surface area contributed by atoms with E-state index in [1.807, 2.05) is 44.2 Å². The summed E-state index contributed by atoms with van der Waals surface area (Å²) >= 11 is 0. The van der Waals surface area contributed by atoms with Gasteiger partial charge in [-0.1, -0.05) is 30.3 Å². The lowest BCUT2D eigenvalue weighted by atomic mass is 9.97. The maximum atomic E-state index is 12.7. The van der Waals surface area contributed by atoms with Crippen molar-refractivity contribution in [1.29, 1.82) is 0 Å². The summed E-state index contributed by atoms with van der Waals surface area (Å²) in [6.07, 6.45) is 1.78.